The number of hydrogen-bond donors (Lipinski definition) is 2. The molecule has 118 valence electrons. The number of anilines is 3. The van der Waals surface area contributed by atoms with Gasteiger partial charge in [0, 0.05) is 11.8 Å². The summed E-state index contributed by atoms with van der Waals surface area (Å²) in [7, 11) is 3.12. The lowest BCUT2D eigenvalue weighted by Gasteiger charge is -2.15. The van der Waals surface area contributed by atoms with Gasteiger partial charge in [0.15, 0.2) is 11.5 Å². The first-order valence-corrected chi connectivity index (χ1v) is 7.13. The third-order valence-electron chi connectivity index (χ3n) is 3.59. The molecule has 3 aromatic rings. The third kappa shape index (κ3) is 2.70. The van der Waals surface area contributed by atoms with E-state index in [4.69, 9.17) is 15.2 Å². The first-order chi connectivity index (χ1) is 11.1. The summed E-state index contributed by atoms with van der Waals surface area (Å²) in [4.78, 5) is 8.60. The van der Waals surface area contributed by atoms with E-state index in [-0.39, 0.29) is 0 Å². The molecule has 0 unspecified atom stereocenters. The van der Waals surface area contributed by atoms with E-state index in [1.54, 1.807) is 20.3 Å². The molecule has 0 aliphatic rings. The largest absolute Gasteiger partial charge is 0.493 e. The standard InChI is InChI=1S/C17H18N4O2/c1-10-5-4-6-11(7-10)21-17-14-12(19-9-20-17)8-13(22-2)16(23-3)15(14)18/h4-9H,18H2,1-3H3,(H,19,20,21). The predicted molar refractivity (Wildman–Crippen MR) is 91.5 cm³/mol. The van der Waals surface area contributed by atoms with E-state index >= 15 is 0 Å². The van der Waals surface area contributed by atoms with Gasteiger partial charge in [-0.3, -0.25) is 0 Å². The second kappa shape index (κ2) is 6.00. The molecular formula is C17H18N4O2. The lowest BCUT2D eigenvalue weighted by molar-refractivity contribution is 0.357. The minimum absolute atomic E-state index is 0.442. The Kier molecular flexibility index (Phi) is 3.89. The van der Waals surface area contributed by atoms with Crippen molar-refractivity contribution in [2.45, 2.75) is 6.92 Å². The highest BCUT2D eigenvalue weighted by atomic mass is 16.5. The van der Waals surface area contributed by atoms with Gasteiger partial charge in [0.25, 0.3) is 0 Å². The molecular weight excluding hydrogens is 292 g/mol. The summed E-state index contributed by atoms with van der Waals surface area (Å²) in [5.74, 6) is 1.64. The highest BCUT2D eigenvalue weighted by Gasteiger charge is 2.17. The lowest BCUT2D eigenvalue weighted by Crippen LogP contribution is -2.02. The monoisotopic (exact) mass is 310 g/mol. The van der Waals surface area contributed by atoms with E-state index in [1.807, 2.05) is 31.2 Å². The van der Waals surface area contributed by atoms with Crippen molar-refractivity contribution in [3.63, 3.8) is 0 Å². The maximum atomic E-state index is 6.27. The zero-order chi connectivity index (χ0) is 16.4. The van der Waals surface area contributed by atoms with Crippen molar-refractivity contribution < 1.29 is 9.47 Å². The summed E-state index contributed by atoms with van der Waals surface area (Å²) < 4.78 is 10.7. The van der Waals surface area contributed by atoms with Crippen molar-refractivity contribution in [2.75, 3.05) is 25.3 Å². The Labute approximate surface area is 134 Å². The number of nitrogens with two attached hydrogens (primary N) is 1. The van der Waals surface area contributed by atoms with Gasteiger partial charge in [-0.25, -0.2) is 9.97 Å². The fraction of sp³-hybridized carbons (Fsp3) is 0.176. The van der Waals surface area contributed by atoms with Gasteiger partial charge in [-0.1, -0.05) is 12.1 Å². The van der Waals surface area contributed by atoms with Crippen LogP contribution < -0.4 is 20.5 Å². The second-order valence-electron chi connectivity index (χ2n) is 5.14. The van der Waals surface area contributed by atoms with Crippen LogP contribution in [-0.4, -0.2) is 24.2 Å². The van der Waals surface area contributed by atoms with Crippen LogP contribution in [0, 0.1) is 6.92 Å². The number of benzene rings is 2. The first-order valence-electron chi connectivity index (χ1n) is 7.13. The number of fused-ring (bicyclic) bond motifs is 1. The second-order valence-corrected chi connectivity index (χ2v) is 5.14. The zero-order valence-electron chi connectivity index (χ0n) is 13.3. The zero-order valence-corrected chi connectivity index (χ0v) is 13.3. The van der Waals surface area contributed by atoms with Crippen molar-refractivity contribution >= 4 is 28.1 Å². The maximum Gasteiger partial charge on any atom is 0.184 e. The van der Waals surface area contributed by atoms with Gasteiger partial charge in [0.1, 0.15) is 12.1 Å². The summed E-state index contributed by atoms with van der Waals surface area (Å²) in [5, 5.41) is 3.99. The molecule has 6 heteroatoms. The molecule has 6 nitrogen and oxygen atoms in total. The van der Waals surface area contributed by atoms with E-state index in [0.29, 0.717) is 33.9 Å². The number of nitrogen functional groups attached to an aromatic ring is 1. The molecule has 0 aliphatic carbocycles. The average Bonchev–Trinajstić information content (AvgIpc) is 2.54. The molecule has 23 heavy (non-hydrogen) atoms. The van der Waals surface area contributed by atoms with Gasteiger partial charge in [-0.15, -0.1) is 0 Å². The molecule has 2 aromatic carbocycles. The number of rotatable bonds is 4. The van der Waals surface area contributed by atoms with Crippen molar-refractivity contribution in [3.05, 3.63) is 42.2 Å². The van der Waals surface area contributed by atoms with Crippen LogP contribution in [0.2, 0.25) is 0 Å². The van der Waals surface area contributed by atoms with Crippen LogP contribution in [0.1, 0.15) is 5.56 Å². The topological polar surface area (TPSA) is 82.3 Å². The molecule has 0 atom stereocenters. The number of hydrogen-bond acceptors (Lipinski definition) is 6. The number of methoxy groups -OCH3 is 2. The molecule has 0 aliphatic heterocycles. The Morgan fingerprint density at radius 2 is 1.91 bits per heavy atom. The smallest absolute Gasteiger partial charge is 0.184 e. The average molecular weight is 310 g/mol. The van der Waals surface area contributed by atoms with Crippen molar-refractivity contribution in [2.24, 2.45) is 0 Å². The van der Waals surface area contributed by atoms with Gasteiger partial charge in [0.2, 0.25) is 0 Å². The Balaban J connectivity index is 2.18. The maximum absolute atomic E-state index is 6.27. The number of aryl methyl sites for hydroxylation is 1. The molecule has 3 N–H and O–H groups in total. The van der Waals surface area contributed by atoms with Crippen LogP contribution >= 0.6 is 0 Å². The molecule has 3 rings (SSSR count). The minimum Gasteiger partial charge on any atom is -0.493 e. The van der Waals surface area contributed by atoms with E-state index in [2.05, 4.69) is 15.3 Å². The van der Waals surface area contributed by atoms with Crippen LogP contribution in [0.3, 0.4) is 0 Å². The van der Waals surface area contributed by atoms with Crippen molar-refractivity contribution in [1.29, 1.82) is 0 Å². The summed E-state index contributed by atoms with van der Waals surface area (Å²) in [6.07, 6.45) is 1.49. The van der Waals surface area contributed by atoms with Gasteiger partial charge in [-0.05, 0) is 24.6 Å². The van der Waals surface area contributed by atoms with Gasteiger partial charge < -0.3 is 20.5 Å². The molecule has 0 bridgehead atoms. The summed E-state index contributed by atoms with van der Waals surface area (Å²) in [6, 6.07) is 9.80. The SMILES string of the molecule is COc1cc2ncnc(Nc3cccc(C)c3)c2c(N)c1OC. The van der Waals surface area contributed by atoms with Crippen LogP contribution in [0.4, 0.5) is 17.2 Å². The Morgan fingerprint density at radius 3 is 2.61 bits per heavy atom. The molecule has 0 saturated carbocycles. The third-order valence-corrected chi connectivity index (χ3v) is 3.59. The molecule has 1 aromatic heterocycles. The Morgan fingerprint density at radius 1 is 1.09 bits per heavy atom. The fourth-order valence-corrected chi connectivity index (χ4v) is 2.53. The Hall–Kier alpha value is -3.02. The molecule has 0 radical (unpaired) electrons. The highest BCUT2D eigenvalue weighted by molar-refractivity contribution is 6.03. The number of nitrogens with zero attached hydrogens (tertiary/aromatic N) is 2. The molecule has 0 amide bonds. The minimum atomic E-state index is 0.442. The molecule has 0 saturated heterocycles. The van der Waals surface area contributed by atoms with Crippen molar-refractivity contribution in [3.8, 4) is 11.5 Å². The van der Waals surface area contributed by atoms with E-state index in [0.717, 1.165) is 11.3 Å². The molecule has 0 fully saturated rings. The molecule has 0 spiro atoms. The molecule has 1 heterocycles. The predicted octanol–water partition coefficient (Wildman–Crippen LogP) is 3.28. The van der Waals surface area contributed by atoms with Crippen LogP contribution in [0.5, 0.6) is 11.5 Å². The van der Waals surface area contributed by atoms with Gasteiger partial charge >= 0.3 is 0 Å². The van der Waals surface area contributed by atoms with Crippen LogP contribution in [0.15, 0.2) is 36.7 Å². The summed E-state index contributed by atoms with van der Waals surface area (Å²) in [5.41, 5.74) is 9.48. The quantitative estimate of drug-likeness (QED) is 0.720. The van der Waals surface area contributed by atoms with E-state index < -0.39 is 0 Å². The van der Waals surface area contributed by atoms with E-state index in [1.165, 1.54) is 6.33 Å². The Bertz CT molecular complexity index is 865. The summed E-state index contributed by atoms with van der Waals surface area (Å²) in [6.45, 7) is 2.03. The van der Waals surface area contributed by atoms with Gasteiger partial charge in [-0.2, -0.15) is 0 Å². The van der Waals surface area contributed by atoms with E-state index in [9.17, 15) is 0 Å². The van der Waals surface area contributed by atoms with Gasteiger partial charge in [0.05, 0.1) is 30.8 Å². The highest BCUT2D eigenvalue weighted by Crippen LogP contribution is 2.41. The van der Waals surface area contributed by atoms with Crippen LogP contribution in [0.25, 0.3) is 10.9 Å². The van der Waals surface area contributed by atoms with Crippen molar-refractivity contribution in [1.82, 2.24) is 9.97 Å². The number of aromatic nitrogens is 2. The van der Waals surface area contributed by atoms with Crippen LogP contribution in [-0.2, 0) is 0 Å². The normalized spacial score (nSPS) is 10.6. The number of ether oxygens (including phenoxy) is 2. The fourth-order valence-electron chi connectivity index (χ4n) is 2.53. The lowest BCUT2D eigenvalue weighted by atomic mass is 10.1. The number of nitrogens with one attached hydrogen (secondary N) is 1. The summed E-state index contributed by atoms with van der Waals surface area (Å²) >= 11 is 0. The first kappa shape index (κ1) is 14.9.